The molecule has 1 aliphatic rings. The van der Waals surface area contributed by atoms with Crippen LogP contribution in [0.15, 0.2) is 22.8 Å². The molecule has 2 rings (SSSR count). The molecule has 0 spiro atoms. The summed E-state index contributed by atoms with van der Waals surface area (Å²) in [5.74, 6) is 1.80. The van der Waals surface area contributed by atoms with E-state index in [0.717, 1.165) is 37.3 Å². The average Bonchev–Trinajstić information content (AvgIpc) is 3.04. The third-order valence-electron chi connectivity index (χ3n) is 3.88. The molecule has 18 heavy (non-hydrogen) atoms. The van der Waals surface area contributed by atoms with Crippen molar-refractivity contribution in [3.63, 3.8) is 0 Å². The molecule has 0 aliphatic heterocycles. The first-order valence-electron chi connectivity index (χ1n) is 7.23. The zero-order chi connectivity index (χ0) is 12.6. The topological polar surface area (TPSA) is 34.4 Å². The average molecular weight is 251 g/mol. The summed E-state index contributed by atoms with van der Waals surface area (Å²) >= 11 is 0. The van der Waals surface area contributed by atoms with Crippen molar-refractivity contribution < 1.29 is 9.15 Å². The van der Waals surface area contributed by atoms with E-state index >= 15 is 0 Å². The highest BCUT2D eigenvalue weighted by molar-refractivity contribution is 4.95. The van der Waals surface area contributed by atoms with Gasteiger partial charge in [-0.15, -0.1) is 0 Å². The van der Waals surface area contributed by atoms with Crippen LogP contribution in [-0.4, -0.2) is 19.2 Å². The number of hydrogen-bond acceptors (Lipinski definition) is 3. The molecule has 2 atom stereocenters. The van der Waals surface area contributed by atoms with Crippen LogP contribution in [0, 0.1) is 5.92 Å². The lowest BCUT2D eigenvalue weighted by molar-refractivity contribution is 0.103. The molecule has 1 saturated carbocycles. The van der Waals surface area contributed by atoms with Gasteiger partial charge in [-0.2, -0.15) is 0 Å². The van der Waals surface area contributed by atoms with E-state index in [0.29, 0.717) is 6.61 Å². The van der Waals surface area contributed by atoms with Gasteiger partial charge in [-0.05, 0) is 43.9 Å². The summed E-state index contributed by atoms with van der Waals surface area (Å²) in [5, 5.41) is 3.67. The summed E-state index contributed by atoms with van der Waals surface area (Å²) in [5.41, 5.74) is 0. The van der Waals surface area contributed by atoms with E-state index in [9.17, 15) is 0 Å². The third-order valence-corrected chi connectivity index (χ3v) is 3.88. The van der Waals surface area contributed by atoms with Crippen LogP contribution in [0.4, 0.5) is 0 Å². The molecular weight excluding hydrogens is 226 g/mol. The molecule has 3 nitrogen and oxygen atoms in total. The Hall–Kier alpha value is -0.800. The Morgan fingerprint density at radius 2 is 2.39 bits per heavy atom. The highest BCUT2D eigenvalue weighted by Gasteiger charge is 2.24. The van der Waals surface area contributed by atoms with Crippen molar-refractivity contribution in [3.05, 3.63) is 24.2 Å². The van der Waals surface area contributed by atoms with Crippen molar-refractivity contribution in [2.45, 2.75) is 51.7 Å². The number of ether oxygens (including phenoxy) is 1. The molecule has 1 heterocycles. The van der Waals surface area contributed by atoms with Gasteiger partial charge >= 0.3 is 0 Å². The molecule has 0 saturated heterocycles. The summed E-state index contributed by atoms with van der Waals surface area (Å²) in [4.78, 5) is 0. The monoisotopic (exact) mass is 251 g/mol. The largest absolute Gasteiger partial charge is 0.467 e. The van der Waals surface area contributed by atoms with Gasteiger partial charge in [-0.25, -0.2) is 0 Å². The second kappa shape index (κ2) is 7.59. The molecule has 0 radical (unpaired) electrons. The molecular formula is C15H25NO2. The van der Waals surface area contributed by atoms with Crippen LogP contribution < -0.4 is 5.32 Å². The minimum absolute atomic E-state index is 0.591. The van der Waals surface area contributed by atoms with Gasteiger partial charge in [0, 0.05) is 12.6 Å². The summed E-state index contributed by atoms with van der Waals surface area (Å²) in [6.45, 7) is 4.77. The highest BCUT2D eigenvalue weighted by Crippen LogP contribution is 2.27. The lowest BCUT2D eigenvalue weighted by Gasteiger charge is -2.19. The molecule has 0 aromatic carbocycles. The molecule has 3 heteroatoms. The van der Waals surface area contributed by atoms with Gasteiger partial charge in [0.15, 0.2) is 0 Å². The molecule has 1 fully saturated rings. The Morgan fingerprint density at radius 3 is 3.17 bits per heavy atom. The van der Waals surface area contributed by atoms with Gasteiger partial charge < -0.3 is 14.5 Å². The molecule has 0 amide bonds. The summed E-state index contributed by atoms with van der Waals surface area (Å²) in [6, 6.07) is 4.59. The van der Waals surface area contributed by atoms with Crippen molar-refractivity contribution in [1.29, 1.82) is 0 Å². The quantitative estimate of drug-likeness (QED) is 0.719. The lowest BCUT2D eigenvalue weighted by atomic mass is 10.0. The maximum absolute atomic E-state index is 5.56. The number of nitrogens with one attached hydrogen (secondary N) is 1. The predicted octanol–water partition coefficient (Wildman–Crippen LogP) is 3.35. The van der Waals surface area contributed by atoms with Crippen molar-refractivity contribution in [2.24, 2.45) is 5.92 Å². The van der Waals surface area contributed by atoms with Gasteiger partial charge in [0.25, 0.3) is 0 Å². The Balaban J connectivity index is 1.48. The van der Waals surface area contributed by atoms with Gasteiger partial charge in [-0.1, -0.05) is 19.8 Å². The molecule has 1 aromatic rings. The van der Waals surface area contributed by atoms with Gasteiger partial charge in [0.1, 0.15) is 12.4 Å². The first-order chi connectivity index (χ1) is 8.90. The summed E-state index contributed by atoms with van der Waals surface area (Å²) in [7, 11) is 0. The van der Waals surface area contributed by atoms with Crippen LogP contribution in [0.5, 0.6) is 0 Å². The van der Waals surface area contributed by atoms with E-state index in [4.69, 9.17) is 9.15 Å². The molecule has 1 aromatic heterocycles. The Kier molecular flexibility index (Phi) is 5.75. The second-order valence-electron chi connectivity index (χ2n) is 5.15. The number of hydrogen-bond donors (Lipinski definition) is 1. The second-order valence-corrected chi connectivity index (χ2v) is 5.15. The van der Waals surface area contributed by atoms with Crippen molar-refractivity contribution >= 4 is 0 Å². The van der Waals surface area contributed by atoms with Gasteiger partial charge in [0.05, 0.1) is 6.26 Å². The molecule has 1 N–H and O–H groups in total. The molecule has 0 bridgehead atoms. The fourth-order valence-electron chi connectivity index (χ4n) is 2.82. The van der Waals surface area contributed by atoms with Crippen LogP contribution >= 0.6 is 0 Å². The summed E-state index contributed by atoms with van der Waals surface area (Å²) < 4.78 is 10.8. The number of rotatable bonds is 8. The van der Waals surface area contributed by atoms with Crippen LogP contribution in [0.1, 0.15) is 44.8 Å². The Bertz CT molecular complexity index is 310. The zero-order valence-electron chi connectivity index (χ0n) is 11.4. The molecule has 1 aliphatic carbocycles. The lowest BCUT2D eigenvalue weighted by Crippen LogP contribution is -2.33. The van der Waals surface area contributed by atoms with Crippen molar-refractivity contribution in [1.82, 2.24) is 5.32 Å². The van der Waals surface area contributed by atoms with Crippen molar-refractivity contribution in [2.75, 3.05) is 13.2 Å². The van der Waals surface area contributed by atoms with E-state index < -0.39 is 0 Å². The Morgan fingerprint density at radius 1 is 1.44 bits per heavy atom. The first kappa shape index (κ1) is 13.6. The SMILES string of the molecule is CCC1CCCC1NCCCOCc1ccco1. The molecule has 102 valence electrons. The maximum Gasteiger partial charge on any atom is 0.129 e. The van der Waals surface area contributed by atoms with Crippen LogP contribution in [-0.2, 0) is 11.3 Å². The standard InChI is InChI=1S/C15H25NO2/c1-2-13-6-3-8-15(13)16-9-5-10-17-12-14-7-4-11-18-14/h4,7,11,13,15-16H,2-3,5-6,8-10,12H2,1H3. The minimum Gasteiger partial charge on any atom is -0.467 e. The summed E-state index contributed by atoms with van der Waals surface area (Å²) in [6.07, 6.45) is 8.23. The van der Waals surface area contributed by atoms with E-state index in [1.165, 1.54) is 25.7 Å². The van der Waals surface area contributed by atoms with Crippen LogP contribution in [0.3, 0.4) is 0 Å². The van der Waals surface area contributed by atoms with Crippen molar-refractivity contribution in [3.8, 4) is 0 Å². The number of furan rings is 1. The van der Waals surface area contributed by atoms with Gasteiger partial charge in [0.2, 0.25) is 0 Å². The van der Waals surface area contributed by atoms with Crippen LogP contribution in [0.2, 0.25) is 0 Å². The fourth-order valence-corrected chi connectivity index (χ4v) is 2.82. The predicted molar refractivity (Wildman–Crippen MR) is 72.4 cm³/mol. The zero-order valence-corrected chi connectivity index (χ0v) is 11.4. The molecule has 2 unspecified atom stereocenters. The van der Waals surface area contributed by atoms with E-state index in [1.807, 2.05) is 12.1 Å². The smallest absolute Gasteiger partial charge is 0.129 e. The third kappa shape index (κ3) is 4.14. The van der Waals surface area contributed by atoms with E-state index in [1.54, 1.807) is 6.26 Å². The minimum atomic E-state index is 0.591. The van der Waals surface area contributed by atoms with E-state index in [-0.39, 0.29) is 0 Å². The normalized spacial score (nSPS) is 23.6. The fraction of sp³-hybridized carbons (Fsp3) is 0.733. The van der Waals surface area contributed by atoms with Gasteiger partial charge in [-0.3, -0.25) is 0 Å². The maximum atomic E-state index is 5.56. The Labute approximate surface area is 110 Å². The van der Waals surface area contributed by atoms with Crippen LogP contribution in [0.25, 0.3) is 0 Å². The highest BCUT2D eigenvalue weighted by atomic mass is 16.5. The first-order valence-corrected chi connectivity index (χ1v) is 7.23. The van der Waals surface area contributed by atoms with E-state index in [2.05, 4.69) is 12.2 Å².